The lowest BCUT2D eigenvalue weighted by Gasteiger charge is -2.15. The van der Waals surface area contributed by atoms with Crippen molar-refractivity contribution in [3.05, 3.63) is 69.8 Å². The van der Waals surface area contributed by atoms with E-state index in [1.54, 1.807) is 12.1 Å². The third-order valence-corrected chi connectivity index (χ3v) is 3.31. The first kappa shape index (κ1) is 17.1. The van der Waals surface area contributed by atoms with E-state index in [0.717, 1.165) is 6.21 Å². The second-order valence-corrected chi connectivity index (χ2v) is 4.91. The second-order valence-electron chi connectivity index (χ2n) is 4.91. The molecule has 2 atom stereocenters. The predicted octanol–water partition coefficient (Wildman–Crippen LogP) is 1.91. The smallest absolute Gasteiger partial charge is 0.331 e. The highest BCUT2D eigenvalue weighted by Gasteiger charge is 2.27. The number of phenols is 1. The van der Waals surface area contributed by atoms with Crippen LogP contribution in [0.4, 0.5) is 5.69 Å². The molecular weight excluding hydrogens is 316 g/mol. The number of carboxylic acids is 1. The molecule has 0 saturated carbocycles. The molecule has 2 aromatic carbocycles. The van der Waals surface area contributed by atoms with E-state index in [-0.39, 0.29) is 17.0 Å². The molecule has 0 aromatic heterocycles. The number of nitrogens with zero attached hydrogens (tertiary/aromatic N) is 2. The van der Waals surface area contributed by atoms with E-state index in [9.17, 15) is 30.2 Å². The van der Waals surface area contributed by atoms with Gasteiger partial charge >= 0.3 is 5.97 Å². The molecule has 124 valence electrons. The van der Waals surface area contributed by atoms with E-state index in [1.165, 1.54) is 36.4 Å². The first-order valence-corrected chi connectivity index (χ1v) is 6.86. The van der Waals surface area contributed by atoms with Crippen LogP contribution in [-0.2, 0) is 4.79 Å². The van der Waals surface area contributed by atoms with Gasteiger partial charge in [-0.1, -0.05) is 12.1 Å². The van der Waals surface area contributed by atoms with E-state index in [2.05, 4.69) is 4.99 Å². The molecule has 8 nitrogen and oxygen atoms in total. The number of nitro benzene ring substituents is 1. The highest BCUT2D eigenvalue weighted by molar-refractivity contribution is 5.86. The standard InChI is InChI=1S/C16H14N2O6/c19-13-4-2-1-3-11(13)9-17-14(16(21)22)15(20)10-5-7-12(8-6-10)18(23)24/h1-9,14-15,19-20H,(H,21,22). The van der Waals surface area contributed by atoms with Crippen LogP contribution in [0.5, 0.6) is 5.75 Å². The van der Waals surface area contributed by atoms with Crippen molar-refractivity contribution in [1.29, 1.82) is 0 Å². The maximum Gasteiger partial charge on any atom is 0.331 e. The van der Waals surface area contributed by atoms with Gasteiger partial charge in [-0.15, -0.1) is 0 Å². The summed E-state index contributed by atoms with van der Waals surface area (Å²) in [7, 11) is 0. The molecule has 0 radical (unpaired) electrons. The minimum Gasteiger partial charge on any atom is -0.507 e. The van der Waals surface area contributed by atoms with Crippen LogP contribution < -0.4 is 0 Å². The molecule has 0 spiro atoms. The van der Waals surface area contributed by atoms with Crippen LogP contribution >= 0.6 is 0 Å². The summed E-state index contributed by atoms with van der Waals surface area (Å²) in [5.74, 6) is -1.44. The number of aliphatic hydroxyl groups excluding tert-OH is 1. The van der Waals surface area contributed by atoms with Crippen molar-refractivity contribution in [2.45, 2.75) is 12.1 Å². The zero-order chi connectivity index (χ0) is 17.7. The molecule has 0 amide bonds. The largest absolute Gasteiger partial charge is 0.507 e. The van der Waals surface area contributed by atoms with Crippen molar-refractivity contribution in [1.82, 2.24) is 0 Å². The Labute approximate surface area is 136 Å². The normalized spacial score (nSPS) is 13.5. The van der Waals surface area contributed by atoms with Crippen LogP contribution in [0.2, 0.25) is 0 Å². The number of nitro groups is 1. The minimum absolute atomic E-state index is 0.0739. The van der Waals surface area contributed by atoms with Gasteiger partial charge in [0.05, 0.1) is 4.92 Å². The second kappa shape index (κ2) is 7.34. The summed E-state index contributed by atoms with van der Waals surface area (Å²) in [5.41, 5.74) is 0.317. The first-order valence-electron chi connectivity index (χ1n) is 6.86. The summed E-state index contributed by atoms with van der Waals surface area (Å²) >= 11 is 0. The minimum atomic E-state index is -1.52. The Balaban J connectivity index is 2.25. The molecule has 2 aromatic rings. The summed E-state index contributed by atoms with van der Waals surface area (Å²) in [6, 6.07) is 9.57. The number of carbonyl (C=O) groups is 1. The van der Waals surface area contributed by atoms with Crippen molar-refractivity contribution in [3.8, 4) is 5.75 Å². The Bertz CT molecular complexity index is 772. The molecular formula is C16H14N2O6. The van der Waals surface area contributed by atoms with Crippen LogP contribution in [0.3, 0.4) is 0 Å². The van der Waals surface area contributed by atoms with Crippen molar-refractivity contribution in [2.24, 2.45) is 4.99 Å². The van der Waals surface area contributed by atoms with Gasteiger partial charge in [-0.3, -0.25) is 15.1 Å². The van der Waals surface area contributed by atoms with Gasteiger partial charge in [0.2, 0.25) is 0 Å². The lowest BCUT2D eigenvalue weighted by Crippen LogP contribution is -2.26. The Morgan fingerprint density at radius 2 is 1.79 bits per heavy atom. The first-order chi connectivity index (χ1) is 11.4. The molecule has 0 saturated heterocycles. The summed E-state index contributed by atoms with van der Waals surface area (Å²) in [6.07, 6.45) is -0.340. The van der Waals surface area contributed by atoms with Crippen molar-refractivity contribution in [2.75, 3.05) is 0 Å². The van der Waals surface area contributed by atoms with Crippen LogP contribution in [0, 0.1) is 10.1 Å². The number of aliphatic hydroxyl groups is 1. The van der Waals surface area contributed by atoms with Gasteiger partial charge in [-0.2, -0.15) is 0 Å². The average molecular weight is 330 g/mol. The van der Waals surface area contributed by atoms with Crippen molar-refractivity contribution >= 4 is 17.9 Å². The number of benzene rings is 2. The monoisotopic (exact) mass is 330 g/mol. The summed E-state index contributed by atoms with van der Waals surface area (Å²) in [5, 5.41) is 39.7. The SMILES string of the molecule is O=C(O)C(N=Cc1ccccc1O)C(O)c1ccc([N+](=O)[O-])cc1. The van der Waals surface area contributed by atoms with Crippen LogP contribution in [0.15, 0.2) is 53.5 Å². The molecule has 8 heteroatoms. The molecule has 0 bridgehead atoms. The fourth-order valence-electron chi connectivity index (χ4n) is 2.01. The van der Waals surface area contributed by atoms with E-state index in [4.69, 9.17) is 0 Å². The molecule has 3 N–H and O–H groups in total. The molecule has 24 heavy (non-hydrogen) atoms. The maximum absolute atomic E-state index is 11.4. The Hall–Kier alpha value is -3.26. The maximum atomic E-state index is 11.4. The topological polar surface area (TPSA) is 133 Å². The van der Waals surface area contributed by atoms with Crippen LogP contribution in [-0.4, -0.2) is 38.5 Å². The number of aliphatic imine (C=N–C) groups is 1. The number of carboxylic acid groups (broad SMARTS) is 1. The van der Waals surface area contributed by atoms with Crippen LogP contribution in [0.1, 0.15) is 17.2 Å². The predicted molar refractivity (Wildman–Crippen MR) is 85.2 cm³/mol. The van der Waals surface area contributed by atoms with Gasteiger partial charge in [0.25, 0.3) is 5.69 Å². The number of para-hydroxylation sites is 1. The van der Waals surface area contributed by atoms with Gasteiger partial charge in [-0.25, -0.2) is 4.79 Å². The van der Waals surface area contributed by atoms with E-state index >= 15 is 0 Å². The average Bonchev–Trinajstić information content (AvgIpc) is 2.56. The Morgan fingerprint density at radius 1 is 1.17 bits per heavy atom. The number of non-ortho nitro benzene ring substituents is 1. The third-order valence-electron chi connectivity index (χ3n) is 3.31. The van der Waals surface area contributed by atoms with E-state index in [1.807, 2.05) is 0 Å². The fourth-order valence-corrected chi connectivity index (χ4v) is 2.01. The van der Waals surface area contributed by atoms with E-state index < -0.39 is 23.0 Å². The number of hydrogen-bond acceptors (Lipinski definition) is 6. The molecule has 0 fully saturated rings. The Morgan fingerprint density at radius 3 is 2.33 bits per heavy atom. The number of aliphatic carboxylic acids is 1. The molecule has 2 rings (SSSR count). The number of phenolic OH excluding ortho intramolecular Hbond substituents is 1. The summed E-state index contributed by atoms with van der Waals surface area (Å²) < 4.78 is 0. The van der Waals surface area contributed by atoms with Gasteiger partial charge < -0.3 is 15.3 Å². The molecule has 0 heterocycles. The van der Waals surface area contributed by atoms with Gasteiger partial charge in [0, 0.05) is 23.9 Å². The zero-order valence-electron chi connectivity index (χ0n) is 12.3. The molecule has 0 aliphatic rings. The lowest BCUT2D eigenvalue weighted by molar-refractivity contribution is -0.384. The number of hydrogen-bond donors (Lipinski definition) is 3. The highest BCUT2D eigenvalue weighted by Crippen LogP contribution is 2.23. The molecule has 0 aliphatic carbocycles. The quantitative estimate of drug-likeness (QED) is 0.421. The molecule has 2 unspecified atom stereocenters. The van der Waals surface area contributed by atoms with Gasteiger partial charge in [-0.05, 0) is 29.8 Å². The van der Waals surface area contributed by atoms with Crippen LogP contribution in [0.25, 0.3) is 0 Å². The van der Waals surface area contributed by atoms with Crippen molar-refractivity contribution in [3.63, 3.8) is 0 Å². The zero-order valence-corrected chi connectivity index (χ0v) is 12.3. The van der Waals surface area contributed by atoms with Gasteiger partial charge in [0.15, 0.2) is 6.04 Å². The lowest BCUT2D eigenvalue weighted by atomic mass is 10.0. The number of aromatic hydroxyl groups is 1. The van der Waals surface area contributed by atoms with Crippen molar-refractivity contribution < 1.29 is 25.0 Å². The Kier molecular flexibility index (Phi) is 5.23. The fraction of sp³-hybridized carbons (Fsp3) is 0.125. The van der Waals surface area contributed by atoms with Gasteiger partial charge in [0.1, 0.15) is 11.9 Å². The van der Waals surface area contributed by atoms with E-state index in [0.29, 0.717) is 5.56 Å². The number of rotatable bonds is 6. The molecule has 0 aliphatic heterocycles. The summed E-state index contributed by atoms with van der Waals surface area (Å²) in [6.45, 7) is 0. The summed E-state index contributed by atoms with van der Waals surface area (Å²) in [4.78, 5) is 25.2. The third kappa shape index (κ3) is 3.93. The highest BCUT2D eigenvalue weighted by atomic mass is 16.6.